The van der Waals surface area contributed by atoms with E-state index in [0.717, 1.165) is 0 Å². The molecule has 0 bridgehead atoms. The monoisotopic (exact) mass is 374 g/mol. The Balaban J connectivity index is 1.99. The quantitative estimate of drug-likeness (QED) is 0.819. The number of hydrogen-bond acceptors (Lipinski definition) is 6. The van der Waals surface area contributed by atoms with Crippen LogP contribution in [0.4, 0.5) is 13.2 Å². The van der Waals surface area contributed by atoms with E-state index in [1.807, 2.05) is 0 Å². The largest absolute Gasteiger partial charge is 0.466 e. The SMILES string of the molecule is COC(=O)COc1cc2n(n1)C[C@H](C)n1c-2cnc1[C@@](C)(O)C(F)(F)F. The summed E-state index contributed by atoms with van der Waals surface area (Å²) in [4.78, 5) is 15.0. The van der Waals surface area contributed by atoms with Crippen molar-refractivity contribution in [3.8, 4) is 17.3 Å². The molecule has 11 heteroatoms. The Morgan fingerprint density at radius 1 is 1.42 bits per heavy atom. The van der Waals surface area contributed by atoms with Gasteiger partial charge in [0.05, 0.1) is 37.3 Å². The van der Waals surface area contributed by atoms with Gasteiger partial charge in [-0.1, -0.05) is 0 Å². The highest BCUT2D eigenvalue weighted by Gasteiger charge is 2.55. The van der Waals surface area contributed by atoms with Crippen molar-refractivity contribution in [2.75, 3.05) is 13.7 Å². The Kier molecular flexibility index (Phi) is 4.21. The molecule has 1 N–H and O–H groups in total. The standard InChI is InChI=1S/C15H17F3N4O4/c1-8-6-21-9(4-11(20-21)26-7-12(23)25-3)10-5-19-13(22(8)10)14(2,24)15(16,17)18/h4-5,8,24H,6-7H2,1-3H3/t8-,14+/m0/s1. The van der Waals surface area contributed by atoms with Gasteiger partial charge in [-0.05, 0) is 13.8 Å². The number of imidazole rings is 1. The lowest BCUT2D eigenvalue weighted by molar-refractivity contribution is -0.262. The number of ether oxygens (including phenoxy) is 2. The fourth-order valence-electron chi connectivity index (χ4n) is 2.82. The first-order valence-corrected chi connectivity index (χ1v) is 7.71. The number of fused-ring (bicyclic) bond motifs is 3. The molecule has 0 spiro atoms. The van der Waals surface area contributed by atoms with Gasteiger partial charge in [0.15, 0.2) is 12.4 Å². The van der Waals surface area contributed by atoms with E-state index in [2.05, 4.69) is 14.8 Å². The number of halogens is 3. The number of rotatable bonds is 4. The number of carbonyl (C=O) groups excluding carboxylic acids is 1. The molecular weight excluding hydrogens is 357 g/mol. The third kappa shape index (κ3) is 2.81. The second kappa shape index (κ2) is 6.01. The van der Waals surface area contributed by atoms with Crippen molar-refractivity contribution in [3.05, 3.63) is 18.1 Å². The highest BCUT2D eigenvalue weighted by molar-refractivity contribution is 5.70. The number of carbonyl (C=O) groups is 1. The maximum atomic E-state index is 13.2. The molecular formula is C15H17F3N4O4. The minimum Gasteiger partial charge on any atom is -0.466 e. The number of alkyl halides is 3. The minimum atomic E-state index is -4.87. The number of esters is 1. The molecule has 0 aliphatic carbocycles. The summed E-state index contributed by atoms with van der Waals surface area (Å²) in [5, 5.41) is 14.2. The van der Waals surface area contributed by atoms with Gasteiger partial charge in [-0.15, -0.1) is 5.10 Å². The summed E-state index contributed by atoms with van der Waals surface area (Å²) < 4.78 is 52.3. The zero-order chi connectivity index (χ0) is 19.3. The van der Waals surface area contributed by atoms with Gasteiger partial charge in [-0.25, -0.2) is 9.78 Å². The van der Waals surface area contributed by atoms with Gasteiger partial charge in [0.1, 0.15) is 0 Å². The van der Waals surface area contributed by atoms with E-state index in [1.165, 1.54) is 23.9 Å². The summed E-state index contributed by atoms with van der Waals surface area (Å²) in [7, 11) is 1.22. The summed E-state index contributed by atoms with van der Waals surface area (Å²) in [6, 6.07) is 1.06. The predicted octanol–water partition coefficient (Wildman–Crippen LogP) is 1.64. The van der Waals surface area contributed by atoms with Crippen LogP contribution in [0.5, 0.6) is 5.88 Å². The summed E-state index contributed by atoms with van der Waals surface area (Å²) in [5.74, 6) is -0.939. The van der Waals surface area contributed by atoms with Gasteiger partial charge >= 0.3 is 12.1 Å². The predicted molar refractivity (Wildman–Crippen MR) is 81.3 cm³/mol. The molecule has 0 aromatic carbocycles. The van der Waals surface area contributed by atoms with Crippen molar-refractivity contribution in [2.45, 2.75) is 38.2 Å². The van der Waals surface area contributed by atoms with Crippen molar-refractivity contribution in [2.24, 2.45) is 0 Å². The van der Waals surface area contributed by atoms with Gasteiger partial charge in [0, 0.05) is 6.07 Å². The van der Waals surface area contributed by atoms with E-state index < -0.39 is 29.6 Å². The first-order valence-electron chi connectivity index (χ1n) is 7.71. The molecule has 3 heterocycles. The molecule has 26 heavy (non-hydrogen) atoms. The normalized spacial score (nSPS) is 18.7. The van der Waals surface area contributed by atoms with Gasteiger partial charge < -0.3 is 19.1 Å². The fourth-order valence-corrected chi connectivity index (χ4v) is 2.82. The zero-order valence-corrected chi connectivity index (χ0v) is 14.2. The molecule has 0 unspecified atom stereocenters. The number of methoxy groups -OCH3 is 1. The first-order chi connectivity index (χ1) is 12.1. The maximum Gasteiger partial charge on any atom is 0.424 e. The van der Waals surface area contributed by atoms with Crippen LogP contribution in [0.25, 0.3) is 11.4 Å². The van der Waals surface area contributed by atoms with Crippen molar-refractivity contribution in [1.82, 2.24) is 19.3 Å². The lowest BCUT2D eigenvalue weighted by Gasteiger charge is -2.31. The molecule has 2 aromatic rings. The highest BCUT2D eigenvalue weighted by Crippen LogP contribution is 2.42. The van der Waals surface area contributed by atoms with Crippen LogP contribution in [0, 0.1) is 0 Å². The Hall–Kier alpha value is -2.56. The van der Waals surface area contributed by atoms with Gasteiger partial charge in [0.25, 0.3) is 0 Å². The lowest BCUT2D eigenvalue weighted by Crippen LogP contribution is -2.42. The molecule has 3 rings (SSSR count). The van der Waals surface area contributed by atoms with E-state index in [-0.39, 0.29) is 19.0 Å². The summed E-state index contributed by atoms with van der Waals surface area (Å²) in [6.45, 7) is 2.28. The van der Waals surface area contributed by atoms with Crippen LogP contribution < -0.4 is 4.74 Å². The summed E-state index contributed by atoms with van der Waals surface area (Å²) in [5.41, 5.74) is -2.25. The van der Waals surface area contributed by atoms with Gasteiger partial charge in [-0.3, -0.25) is 4.68 Å². The van der Waals surface area contributed by atoms with Crippen molar-refractivity contribution in [1.29, 1.82) is 0 Å². The van der Waals surface area contributed by atoms with Crippen LogP contribution in [0.2, 0.25) is 0 Å². The van der Waals surface area contributed by atoms with Crippen LogP contribution in [0.3, 0.4) is 0 Å². The highest BCUT2D eigenvalue weighted by atomic mass is 19.4. The molecule has 1 aliphatic heterocycles. The van der Waals surface area contributed by atoms with Gasteiger partial charge in [-0.2, -0.15) is 13.2 Å². The lowest BCUT2D eigenvalue weighted by atomic mass is 10.0. The van der Waals surface area contributed by atoms with Crippen LogP contribution >= 0.6 is 0 Å². The zero-order valence-electron chi connectivity index (χ0n) is 14.2. The van der Waals surface area contributed by atoms with E-state index >= 15 is 0 Å². The molecule has 0 saturated carbocycles. The van der Waals surface area contributed by atoms with Crippen molar-refractivity contribution >= 4 is 5.97 Å². The van der Waals surface area contributed by atoms with Gasteiger partial charge in [0.2, 0.25) is 11.5 Å². The molecule has 0 radical (unpaired) electrons. The molecule has 0 fully saturated rings. The third-order valence-electron chi connectivity index (χ3n) is 4.25. The molecule has 0 amide bonds. The second-order valence-electron chi connectivity index (χ2n) is 6.17. The Morgan fingerprint density at radius 3 is 2.73 bits per heavy atom. The third-order valence-corrected chi connectivity index (χ3v) is 4.25. The Morgan fingerprint density at radius 2 is 2.12 bits per heavy atom. The second-order valence-corrected chi connectivity index (χ2v) is 6.17. The van der Waals surface area contributed by atoms with Crippen molar-refractivity contribution < 1.29 is 32.5 Å². The average molecular weight is 374 g/mol. The summed E-state index contributed by atoms with van der Waals surface area (Å²) in [6.07, 6.45) is -3.62. The fraction of sp³-hybridized carbons (Fsp3) is 0.533. The van der Waals surface area contributed by atoms with Crippen LogP contribution in [-0.4, -0.2) is 50.3 Å². The number of nitrogens with zero attached hydrogens (tertiary/aromatic N) is 4. The van der Waals surface area contributed by atoms with Crippen LogP contribution in [0.1, 0.15) is 25.7 Å². The molecule has 8 nitrogen and oxygen atoms in total. The number of aliphatic hydroxyl groups is 1. The van der Waals surface area contributed by atoms with Crippen LogP contribution in [-0.2, 0) is 21.7 Å². The minimum absolute atomic E-state index is 0.136. The first kappa shape index (κ1) is 18.2. The molecule has 1 aliphatic rings. The number of aromatic nitrogens is 4. The van der Waals surface area contributed by atoms with E-state index in [1.54, 1.807) is 11.6 Å². The van der Waals surface area contributed by atoms with E-state index in [0.29, 0.717) is 18.3 Å². The molecule has 2 atom stereocenters. The summed E-state index contributed by atoms with van der Waals surface area (Å²) >= 11 is 0. The van der Waals surface area contributed by atoms with E-state index in [9.17, 15) is 23.1 Å². The number of hydrogen-bond donors (Lipinski definition) is 1. The molecule has 142 valence electrons. The maximum absolute atomic E-state index is 13.2. The van der Waals surface area contributed by atoms with Crippen LogP contribution in [0.15, 0.2) is 12.3 Å². The molecule has 2 aromatic heterocycles. The Labute approximate surface area is 146 Å². The smallest absolute Gasteiger partial charge is 0.424 e. The van der Waals surface area contributed by atoms with E-state index in [4.69, 9.17) is 4.74 Å². The topological polar surface area (TPSA) is 91.4 Å². The van der Waals surface area contributed by atoms with Crippen molar-refractivity contribution in [3.63, 3.8) is 0 Å². The average Bonchev–Trinajstić information content (AvgIpc) is 3.15. The molecule has 0 saturated heterocycles. The Bertz CT molecular complexity index is 841.